The fourth-order valence-corrected chi connectivity index (χ4v) is 3.63. The van der Waals surface area contributed by atoms with Crippen molar-refractivity contribution in [2.75, 3.05) is 19.7 Å². The molecular weight excluding hydrogens is 364 g/mol. The number of nitrogens with zero attached hydrogens (tertiary/aromatic N) is 1. The van der Waals surface area contributed by atoms with Gasteiger partial charge in [-0.15, -0.1) is 0 Å². The third-order valence-corrected chi connectivity index (χ3v) is 5.29. The molecule has 5 heteroatoms. The fraction of sp³-hybridized carbons (Fsp3) is 0.417. The van der Waals surface area contributed by atoms with Crippen LogP contribution in [0.3, 0.4) is 0 Å². The molecule has 154 valence electrons. The molecule has 29 heavy (non-hydrogen) atoms. The Labute approximate surface area is 173 Å². The zero-order chi connectivity index (χ0) is 20.5. The molecule has 0 saturated carbocycles. The van der Waals surface area contributed by atoms with Crippen molar-refractivity contribution in [3.8, 4) is 5.75 Å². The Morgan fingerprint density at radius 1 is 1.00 bits per heavy atom. The molecule has 0 radical (unpaired) electrons. The van der Waals surface area contributed by atoms with Gasteiger partial charge in [-0.2, -0.15) is 0 Å². The zero-order valence-corrected chi connectivity index (χ0v) is 17.1. The number of amides is 2. The molecular formula is C24H30N2O3. The summed E-state index contributed by atoms with van der Waals surface area (Å²) < 4.78 is 5.44. The molecule has 1 saturated heterocycles. The second-order valence-corrected chi connectivity index (χ2v) is 7.46. The van der Waals surface area contributed by atoms with Gasteiger partial charge in [0.25, 0.3) is 0 Å². The normalized spacial score (nSPS) is 14.4. The van der Waals surface area contributed by atoms with Gasteiger partial charge in [-0.1, -0.05) is 42.5 Å². The average molecular weight is 395 g/mol. The number of carbonyl (C=O) groups is 2. The number of hydrogen-bond donors (Lipinski definition) is 1. The molecule has 0 bridgehead atoms. The smallest absolute Gasteiger partial charge is 0.226 e. The van der Waals surface area contributed by atoms with Gasteiger partial charge in [0.2, 0.25) is 11.8 Å². The maximum absolute atomic E-state index is 12.6. The van der Waals surface area contributed by atoms with Crippen molar-refractivity contribution in [2.45, 2.75) is 45.1 Å². The van der Waals surface area contributed by atoms with E-state index in [2.05, 4.69) is 5.32 Å². The first-order chi connectivity index (χ1) is 14.1. The fourth-order valence-electron chi connectivity index (χ4n) is 3.63. The summed E-state index contributed by atoms with van der Waals surface area (Å²) in [7, 11) is 0. The predicted octanol–water partition coefficient (Wildman–Crippen LogP) is 3.37. The van der Waals surface area contributed by atoms with Gasteiger partial charge < -0.3 is 15.0 Å². The van der Waals surface area contributed by atoms with E-state index < -0.39 is 0 Å². The molecule has 2 amide bonds. The van der Waals surface area contributed by atoms with Gasteiger partial charge in [0.05, 0.1) is 13.0 Å². The molecule has 0 atom stereocenters. The first-order valence-corrected chi connectivity index (χ1v) is 10.5. The number of piperidine rings is 1. The van der Waals surface area contributed by atoms with E-state index in [1.54, 1.807) is 0 Å². The molecule has 1 heterocycles. The Hall–Kier alpha value is -2.82. The second-order valence-electron chi connectivity index (χ2n) is 7.46. The summed E-state index contributed by atoms with van der Waals surface area (Å²) in [5.74, 6) is 1.06. The van der Waals surface area contributed by atoms with Crippen LogP contribution in [0.4, 0.5) is 0 Å². The number of likely N-dealkylation sites (tertiary alicyclic amines) is 1. The Bertz CT molecular complexity index is 782. The van der Waals surface area contributed by atoms with Crippen LogP contribution in [0.1, 0.15) is 37.3 Å². The van der Waals surface area contributed by atoms with Crippen LogP contribution in [0.5, 0.6) is 5.75 Å². The maximum atomic E-state index is 12.6. The van der Waals surface area contributed by atoms with Crippen molar-refractivity contribution in [1.82, 2.24) is 10.2 Å². The molecule has 0 unspecified atom stereocenters. The van der Waals surface area contributed by atoms with E-state index in [1.165, 1.54) is 5.56 Å². The minimum absolute atomic E-state index is 0.0908. The predicted molar refractivity (Wildman–Crippen MR) is 114 cm³/mol. The molecule has 3 rings (SSSR count). The van der Waals surface area contributed by atoms with Gasteiger partial charge in [0.1, 0.15) is 5.75 Å². The van der Waals surface area contributed by atoms with Crippen LogP contribution < -0.4 is 10.1 Å². The number of benzene rings is 2. The summed E-state index contributed by atoms with van der Waals surface area (Å²) in [6.07, 6.45) is 3.28. The number of rotatable bonds is 8. The van der Waals surface area contributed by atoms with E-state index in [-0.39, 0.29) is 17.9 Å². The number of aryl methyl sites for hydroxylation is 1. The number of nitrogens with one attached hydrogen (secondary N) is 1. The number of hydrogen-bond acceptors (Lipinski definition) is 3. The standard InChI is InChI=1S/C24H30N2O3/c1-2-29-22-11-8-20(9-12-22)18-24(28)26-16-14-21(15-17-26)25-23(27)13-10-19-6-4-3-5-7-19/h3-9,11-12,21H,2,10,13-18H2,1H3,(H,25,27). The third-order valence-electron chi connectivity index (χ3n) is 5.29. The summed E-state index contributed by atoms with van der Waals surface area (Å²) in [4.78, 5) is 26.7. The van der Waals surface area contributed by atoms with Crippen LogP contribution in [0, 0.1) is 0 Å². The van der Waals surface area contributed by atoms with Gasteiger partial charge in [-0.05, 0) is 49.4 Å². The Morgan fingerprint density at radius 2 is 1.69 bits per heavy atom. The largest absolute Gasteiger partial charge is 0.494 e. The summed E-state index contributed by atoms with van der Waals surface area (Å²) >= 11 is 0. The Kier molecular flexibility index (Phi) is 7.68. The molecule has 0 aromatic heterocycles. The van der Waals surface area contributed by atoms with Gasteiger partial charge in [-0.25, -0.2) is 0 Å². The number of ether oxygens (including phenoxy) is 1. The first-order valence-electron chi connectivity index (χ1n) is 10.5. The van der Waals surface area contributed by atoms with Crippen LogP contribution >= 0.6 is 0 Å². The average Bonchev–Trinajstić information content (AvgIpc) is 2.75. The minimum atomic E-state index is 0.0908. The number of carbonyl (C=O) groups excluding carboxylic acids is 2. The van der Waals surface area contributed by atoms with Crippen LogP contribution in [0.2, 0.25) is 0 Å². The van der Waals surface area contributed by atoms with Gasteiger partial charge in [-0.3, -0.25) is 9.59 Å². The highest BCUT2D eigenvalue weighted by Gasteiger charge is 2.23. The van der Waals surface area contributed by atoms with Crippen LogP contribution in [-0.2, 0) is 22.4 Å². The van der Waals surface area contributed by atoms with Gasteiger partial charge >= 0.3 is 0 Å². The SMILES string of the molecule is CCOc1ccc(CC(=O)N2CCC(NC(=O)CCc3ccccc3)CC2)cc1. The van der Waals surface area contributed by atoms with Crippen molar-refractivity contribution in [1.29, 1.82) is 0 Å². The monoisotopic (exact) mass is 394 g/mol. The molecule has 2 aromatic rings. The summed E-state index contributed by atoms with van der Waals surface area (Å²) in [6, 6.07) is 17.9. The lowest BCUT2D eigenvalue weighted by Gasteiger charge is -2.32. The van der Waals surface area contributed by atoms with E-state index in [9.17, 15) is 9.59 Å². The minimum Gasteiger partial charge on any atom is -0.494 e. The Morgan fingerprint density at radius 3 is 2.34 bits per heavy atom. The molecule has 1 fully saturated rings. The lowest BCUT2D eigenvalue weighted by Crippen LogP contribution is -2.47. The van der Waals surface area contributed by atoms with Crippen molar-refractivity contribution in [2.24, 2.45) is 0 Å². The molecule has 1 aliphatic rings. The van der Waals surface area contributed by atoms with Crippen LogP contribution in [0.15, 0.2) is 54.6 Å². The topological polar surface area (TPSA) is 58.6 Å². The highest BCUT2D eigenvalue weighted by Crippen LogP contribution is 2.16. The molecule has 2 aromatic carbocycles. The van der Waals surface area contributed by atoms with Crippen LogP contribution in [0.25, 0.3) is 0 Å². The summed E-state index contributed by atoms with van der Waals surface area (Å²) in [5, 5.41) is 3.13. The quantitative estimate of drug-likeness (QED) is 0.747. The molecule has 1 N–H and O–H groups in total. The van der Waals surface area contributed by atoms with Gasteiger partial charge in [0, 0.05) is 25.6 Å². The molecule has 5 nitrogen and oxygen atoms in total. The van der Waals surface area contributed by atoms with E-state index in [0.29, 0.717) is 32.5 Å². The molecule has 0 spiro atoms. The van der Waals surface area contributed by atoms with E-state index >= 15 is 0 Å². The van der Waals surface area contributed by atoms with Crippen molar-refractivity contribution >= 4 is 11.8 Å². The van der Waals surface area contributed by atoms with E-state index in [0.717, 1.165) is 30.6 Å². The summed E-state index contributed by atoms with van der Waals surface area (Å²) in [5.41, 5.74) is 2.17. The molecule has 0 aliphatic carbocycles. The second kappa shape index (κ2) is 10.6. The zero-order valence-electron chi connectivity index (χ0n) is 17.1. The lowest BCUT2D eigenvalue weighted by atomic mass is 10.0. The molecule has 1 aliphatic heterocycles. The lowest BCUT2D eigenvalue weighted by molar-refractivity contribution is -0.131. The highest BCUT2D eigenvalue weighted by molar-refractivity contribution is 5.79. The maximum Gasteiger partial charge on any atom is 0.226 e. The first kappa shape index (κ1) is 20.9. The van der Waals surface area contributed by atoms with Crippen molar-refractivity contribution < 1.29 is 14.3 Å². The highest BCUT2D eigenvalue weighted by atomic mass is 16.5. The van der Waals surface area contributed by atoms with Crippen molar-refractivity contribution in [3.63, 3.8) is 0 Å². The van der Waals surface area contributed by atoms with Crippen molar-refractivity contribution in [3.05, 3.63) is 65.7 Å². The van der Waals surface area contributed by atoms with Crippen LogP contribution in [-0.4, -0.2) is 42.5 Å². The summed E-state index contributed by atoms with van der Waals surface area (Å²) in [6.45, 7) is 3.97. The third kappa shape index (κ3) is 6.63. The Balaban J connectivity index is 1.38. The van der Waals surface area contributed by atoms with Gasteiger partial charge in [0.15, 0.2) is 0 Å². The van der Waals surface area contributed by atoms with E-state index in [1.807, 2.05) is 66.4 Å². The van der Waals surface area contributed by atoms with E-state index in [4.69, 9.17) is 4.74 Å².